The molecule has 0 spiro atoms. The predicted octanol–water partition coefficient (Wildman–Crippen LogP) is 2.69. The van der Waals surface area contributed by atoms with E-state index in [0.29, 0.717) is 33.8 Å². The molecule has 0 amide bonds. The van der Waals surface area contributed by atoms with Gasteiger partial charge in [-0.15, -0.1) is 5.10 Å². The quantitative estimate of drug-likeness (QED) is 0.868. The lowest BCUT2D eigenvalue weighted by Crippen LogP contribution is -2.05. The van der Waals surface area contributed by atoms with Gasteiger partial charge in [-0.05, 0) is 12.8 Å². The van der Waals surface area contributed by atoms with E-state index in [-0.39, 0.29) is 0 Å². The first kappa shape index (κ1) is 13.7. The van der Waals surface area contributed by atoms with Gasteiger partial charge in [-0.1, -0.05) is 16.8 Å². The fraction of sp³-hybridized carbons (Fsp3) is 0.357. The summed E-state index contributed by atoms with van der Waals surface area (Å²) in [4.78, 5) is 0. The summed E-state index contributed by atoms with van der Waals surface area (Å²) in [6.45, 7) is 0. The van der Waals surface area contributed by atoms with Gasteiger partial charge in [-0.25, -0.2) is 4.68 Å². The van der Waals surface area contributed by atoms with Crippen LogP contribution in [0.2, 0.25) is 5.02 Å². The van der Waals surface area contributed by atoms with E-state index in [0.717, 1.165) is 18.5 Å². The molecule has 0 bridgehead atoms. The molecule has 1 fully saturated rings. The van der Waals surface area contributed by atoms with Gasteiger partial charge >= 0.3 is 0 Å². The van der Waals surface area contributed by atoms with Crippen molar-refractivity contribution in [2.45, 2.75) is 18.8 Å². The number of aromatic nitrogens is 3. The molecule has 1 saturated carbocycles. The number of rotatable bonds is 4. The first-order chi connectivity index (χ1) is 10.2. The molecule has 0 saturated heterocycles. The first-order valence-electron chi connectivity index (χ1n) is 6.47. The van der Waals surface area contributed by atoms with Crippen molar-refractivity contribution in [3.8, 4) is 23.3 Å². The minimum Gasteiger partial charge on any atom is -0.495 e. The molecular formula is C14H13ClN4O2. The van der Waals surface area contributed by atoms with E-state index in [1.54, 1.807) is 31.0 Å². The fourth-order valence-electron chi connectivity index (χ4n) is 2.28. The van der Waals surface area contributed by atoms with Crippen molar-refractivity contribution in [3.63, 3.8) is 0 Å². The molecule has 0 N–H and O–H groups in total. The minimum atomic E-state index is 0.320. The van der Waals surface area contributed by atoms with Gasteiger partial charge in [0.2, 0.25) is 0 Å². The number of methoxy groups -OCH3 is 2. The maximum atomic E-state index is 9.18. The van der Waals surface area contributed by atoms with Gasteiger partial charge in [0.05, 0.1) is 24.9 Å². The highest BCUT2D eigenvalue weighted by Crippen LogP contribution is 2.43. The normalized spacial score (nSPS) is 13.8. The summed E-state index contributed by atoms with van der Waals surface area (Å²) >= 11 is 6.11. The van der Waals surface area contributed by atoms with E-state index in [1.165, 1.54) is 0 Å². The van der Waals surface area contributed by atoms with Gasteiger partial charge in [0.25, 0.3) is 0 Å². The molecule has 0 aliphatic heterocycles. The number of nitriles is 1. The van der Waals surface area contributed by atoms with E-state index in [1.807, 2.05) is 0 Å². The topological polar surface area (TPSA) is 73.0 Å². The number of benzene rings is 1. The average molecular weight is 305 g/mol. The summed E-state index contributed by atoms with van der Waals surface area (Å²) < 4.78 is 12.3. The molecule has 1 aliphatic carbocycles. The average Bonchev–Trinajstić information content (AvgIpc) is 3.26. The van der Waals surface area contributed by atoms with Crippen LogP contribution < -0.4 is 9.47 Å². The second-order valence-electron chi connectivity index (χ2n) is 4.78. The molecule has 0 radical (unpaired) electrons. The predicted molar refractivity (Wildman–Crippen MR) is 76.2 cm³/mol. The Labute approximate surface area is 126 Å². The van der Waals surface area contributed by atoms with Crippen LogP contribution in [-0.4, -0.2) is 29.2 Å². The van der Waals surface area contributed by atoms with Crippen LogP contribution in [0.4, 0.5) is 0 Å². The molecule has 1 aromatic heterocycles. The second kappa shape index (κ2) is 5.26. The molecule has 108 valence electrons. The van der Waals surface area contributed by atoms with Crippen molar-refractivity contribution in [1.29, 1.82) is 5.26 Å². The maximum absolute atomic E-state index is 9.18. The number of hydrogen-bond donors (Lipinski definition) is 0. The van der Waals surface area contributed by atoms with Crippen molar-refractivity contribution >= 4 is 11.6 Å². The summed E-state index contributed by atoms with van der Waals surface area (Å²) in [6.07, 6.45) is 2.07. The standard InChI is InChI=1S/C14H13ClN4O2/c1-20-12-6-11(13(21-2)5-9(12)15)19-14(8-3-4-8)10(7-16)17-18-19/h5-6,8H,3-4H2,1-2H3. The summed E-state index contributed by atoms with van der Waals surface area (Å²) in [5.41, 5.74) is 1.84. The van der Waals surface area contributed by atoms with Crippen molar-refractivity contribution < 1.29 is 9.47 Å². The number of nitrogens with zero attached hydrogens (tertiary/aromatic N) is 4. The van der Waals surface area contributed by atoms with Gasteiger partial charge in [-0.2, -0.15) is 5.26 Å². The molecule has 6 nitrogen and oxygen atoms in total. The van der Waals surface area contributed by atoms with Crippen molar-refractivity contribution in [3.05, 3.63) is 28.5 Å². The summed E-state index contributed by atoms with van der Waals surface area (Å²) in [5, 5.41) is 17.7. The Hall–Kier alpha value is -2.26. The van der Waals surface area contributed by atoms with Crippen LogP contribution >= 0.6 is 11.6 Å². The van der Waals surface area contributed by atoms with E-state index >= 15 is 0 Å². The lowest BCUT2D eigenvalue weighted by atomic mass is 10.2. The van der Waals surface area contributed by atoms with Gasteiger partial charge < -0.3 is 9.47 Å². The third kappa shape index (κ3) is 2.30. The lowest BCUT2D eigenvalue weighted by Gasteiger charge is -2.13. The minimum absolute atomic E-state index is 0.320. The molecule has 1 aliphatic rings. The zero-order valence-electron chi connectivity index (χ0n) is 11.6. The van der Waals surface area contributed by atoms with Crippen LogP contribution in [0.5, 0.6) is 11.5 Å². The van der Waals surface area contributed by atoms with Crippen molar-refractivity contribution in [2.24, 2.45) is 0 Å². The molecular weight excluding hydrogens is 292 g/mol. The molecule has 7 heteroatoms. The van der Waals surface area contributed by atoms with Crippen LogP contribution in [0.25, 0.3) is 5.69 Å². The smallest absolute Gasteiger partial charge is 0.186 e. The van der Waals surface area contributed by atoms with Crippen molar-refractivity contribution in [1.82, 2.24) is 15.0 Å². The SMILES string of the molecule is COc1cc(-n2nnc(C#N)c2C2CC2)c(OC)cc1Cl. The fourth-order valence-corrected chi connectivity index (χ4v) is 2.51. The second-order valence-corrected chi connectivity index (χ2v) is 5.19. The Morgan fingerprint density at radius 2 is 2.00 bits per heavy atom. The highest BCUT2D eigenvalue weighted by atomic mass is 35.5. The highest BCUT2D eigenvalue weighted by Gasteiger charge is 2.32. The third-order valence-electron chi connectivity index (χ3n) is 3.46. The van der Waals surface area contributed by atoms with Crippen LogP contribution in [0.3, 0.4) is 0 Å². The number of hydrogen-bond acceptors (Lipinski definition) is 5. The van der Waals surface area contributed by atoms with Gasteiger partial charge in [-0.3, -0.25) is 0 Å². The van der Waals surface area contributed by atoms with Crippen LogP contribution in [0, 0.1) is 11.3 Å². The Balaban J connectivity index is 2.21. The summed E-state index contributed by atoms with van der Waals surface area (Å²) in [6, 6.07) is 5.50. The van der Waals surface area contributed by atoms with E-state index < -0.39 is 0 Å². The third-order valence-corrected chi connectivity index (χ3v) is 3.75. The monoisotopic (exact) mass is 304 g/mol. The number of ether oxygens (including phenoxy) is 2. The molecule has 0 atom stereocenters. The molecule has 2 aromatic rings. The van der Waals surface area contributed by atoms with Crippen LogP contribution in [0.15, 0.2) is 12.1 Å². The van der Waals surface area contributed by atoms with Crippen LogP contribution in [0.1, 0.15) is 30.1 Å². The highest BCUT2D eigenvalue weighted by molar-refractivity contribution is 6.32. The molecule has 1 heterocycles. The van der Waals surface area contributed by atoms with Gasteiger partial charge in [0, 0.05) is 18.1 Å². The van der Waals surface area contributed by atoms with E-state index in [9.17, 15) is 5.26 Å². The van der Waals surface area contributed by atoms with E-state index in [4.69, 9.17) is 21.1 Å². The Morgan fingerprint density at radius 3 is 2.57 bits per heavy atom. The molecule has 3 rings (SSSR count). The largest absolute Gasteiger partial charge is 0.495 e. The molecule has 1 aromatic carbocycles. The number of halogens is 1. The van der Waals surface area contributed by atoms with Gasteiger partial charge in [0.15, 0.2) is 5.69 Å². The van der Waals surface area contributed by atoms with Crippen molar-refractivity contribution in [2.75, 3.05) is 14.2 Å². The molecule has 0 unspecified atom stereocenters. The summed E-state index contributed by atoms with van der Waals surface area (Å²) in [5.74, 6) is 1.39. The lowest BCUT2D eigenvalue weighted by molar-refractivity contribution is 0.400. The Bertz CT molecular complexity index is 731. The first-order valence-corrected chi connectivity index (χ1v) is 6.85. The summed E-state index contributed by atoms with van der Waals surface area (Å²) in [7, 11) is 3.10. The van der Waals surface area contributed by atoms with E-state index in [2.05, 4.69) is 16.4 Å². The molecule has 21 heavy (non-hydrogen) atoms. The maximum Gasteiger partial charge on any atom is 0.186 e. The zero-order chi connectivity index (χ0) is 15.0. The Morgan fingerprint density at radius 1 is 1.29 bits per heavy atom. The zero-order valence-corrected chi connectivity index (χ0v) is 12.4. The Kier molecular flexibility index (Phi) is 3.43. The van der Waals surface area contributed by atoms with Gasteiger partial charge in [0.1, 0.15) is 23.3 Å². The van der Waals surface area contributed by atoms with Crippen LogP contribution in [-0.2, 0) is 0 Å².